The van der Waals surface area contributed by atoms with Gasteiger partial charge in [0.15, 0.2) is 0 Å². The Balaban J connectivity index is 2.02. The number of carbonyl (C=O) groups is 2. The molecule has 0 unspecified atom stereocenters. The number of aromatic nitrogens is 1. The lowest BCUT2D eigenvalue weighted by Gasteiger charge is -2.31. The average Bonchev–Trinajstić information content (AvgIpc) is 2.78. The maximum Gasteiger partial charge on any atom is 0.242 e. The molecule has 4 N–H and O–H groups in total. The van der Waals surface area contributed by atoms with Crippen LogP contribution < -0.4 is 16.4 Å². The number of amides is 2. The third-order valence-electron chi connectivity index (χ3n) is 6.19. The monoisotopic (exact) mass is 431 g/mol. The molecule has 2 atom stereocenters. The molecule has 2 amide bonds. The van der Waals surface area contributed by atoms with Crippen molar-refractivity contribution in [2.45, 2.75) is 90.8 Å². The van der Waals surface area contributed by atoms with E-state index in [0.717, 1.165) is 44.3 Å². The van der Waals surface area contributed by atoms with Gasteiger partial charge in [-0.05, 0) is 56.8 Å². The first-order chi connectivity index (χ1) is 14.9. The summed E-state index contributed by atoms with van der Waals surface area (Å²) in [6, 6.07) is 2.82. The summed E-state index contributed by atoms with van der Waals surface area (Å²) >= 11 is 0. The molecule has 1 fully saturated rings. The van der Waals surface area contributed by atoms with Crippen molar-refractivity contribution in [3.8, 4) is 0 Å². The topological polar surface area (TPSA) is 100 Å². The lowest BCUT2D eigenvalue weighted by molar-refractivity contribution is -0.132. The van der Waals surface area contributed by atoms with Gasteiger partial charge in [0.25, 0.3) is 0 Å². The van der Waals surface area contributed by atoms with Crippen LogP contribution in [-0.2, 0) is 16.1 Å². The van der Waals surface area contributed by atoms with Crippen molar-refractivity contribution in [2.75, 3.05) is 18.8 Å². The number of nitrogens with two attached hydrogens (primary N) is 1. The van der Waals surface area contributed by atoms with Crippen LogP contribution in [-0.4, -0.2) is 46.9 Å². The van der Waals surface area contributed by atoms with Crippen LogP contribution in [0.15, 0.2) is 18.3 Å². The predicted octanol–water partition coefficient (Wildman–Crippen LogP) is 3.25. The van der Waals surface area contributed by atoms with Crippen LogP contribution >= 0.6 is 0 Å². The zero-order valence-corrected chi connectivity index (χ0v) is 19.5. The number of hydrogen-bond donors (Lipinski definition) is 3. The van der Waals surface area contributed by atoms with Gasteiger partial charge < -0.3 is 16.4 Å². The molecular formula is C24H41N5O2. The quantitative estimate of drug-likeness (QED) is 0.472. The highest BCUT2D eigenvalue weighted by Crippen LogP contribution is 2.27. The molecule has 0 aliphatic heterocycles. The van der Waals surface area contributed by atoms with Gasteiger partial charge in [0.05, 0.1) is 6.04 Å². The van der Waals surface area contributed by atoms with E-state index in [-0.39, 0.29) is 17.9 Å². The molecule has 1 aromatic heterocycles. The summed E-state index contributed by atoms with van der Waals surface area (Å²) < 4.78 is 0. The molecule has 1 aromatic rings. The molecule has 0 radical (unpaired) electrons. The molecule has 7 heteroatoms. The molecule has 0 spiro atoms. The Morgan fingerprint density at radius 3 is 2.39 bits per heavy atom. The van der Waals surface area contributed by atoms with Gasteiger partial charge in [-0.25, -0.2) is 4.98 Å². The first kappa shape index (κ1) is 25.1. The van der Waals surface area contributed by atoms with Crippen LogP contribution in [0.25, 0.3) is 0 Å². The van der Waals surface area contributed by atoms with Crippen LogP contribution in [0.1, 0.15) is 77.7 Å². The molecule has 174 valence electrons. The molecule has 31 heavy (non-hydrogen) atoms. The van der Waals surface area contributed by atoms with Gasteiger partial charge in [0.1, 0.15) is 11.9 Å². The van der Waals surface area contributed by atoms with E-state index in [4.69, 9.17) is 5.73 Å². The number of carbonyl (C=O) groups excluding carboxylic acids is 2. The molecule has 0 aromatic carbocycles. The van der Waals surface area contributed by atoms with Crippen LogP contribution in [0.3, 0.4) is 0 Å². The molecular weight excluding hydrogens is 390 g/mol. The van der Waals surface area contributed by atoms with E-state index in [9.17, 15) is 9.59 Å². The SMILES string of the molecule is CCCN(CCC)[C@@H](C)C(=O)N[C@@H](CC1CCCCC1)C(=O)NCc1ccc(N)nc1. The Morgan fingerprint density at radius 2 is 1.81 bits per heavy atom. The van der Waals surface area contributed by atoms with Gasteiger partial charge in [-0.3, -0.25) is 14.5 Å². The highest BCUT2D eigenvalue weighted by Gasteiger charge is 2.29. The first-order valence-corrected chi connectivity index (χ1v) is 12.0. The van der Waals surface area contributed by atoms with Crippen LogP contribution in [0.4, 0.5) is 5.82 Å². The summed E-state index contributed by atoms with van der Waals surface area (Å²) in [6.07, 6.45) is 10.3. The fourth-order valence-electron chi connectivity index (χ4n) is 4.37. The van der Waals surface area contributed by atoms with Crippen molar-refractivity contribution >= 4 is 17.6 Å². The highest BCUT2D eigenvalue weighted by molar-refractivity contribution is 5.89. The van der Waals surface area contributed by atoms with Crippen molar-refractivity contribution in [1.82, 2.24) is 20.5 Å². The van der Waals surface area contributed by atoms with Crippen molar-refractivity contribution in [3.05, 3.63) is 23.9 Å². The maximum atomic E-state index is 13.1. The van der Waals surface area contributed by atoms with Crippen molar-refractivity contribution in [2.24, 2.45) is 5.92 Å². The summed E-state index contributed by atoms with van der Waals surface area (Å²) in [5, 5.41) is 6.06. The summed E-state index contributed by atoms with van der Waals surface area (Å²) in [4.78, 5) is 32.4. The number of pyridine rings is 1. The smallest absolute Gasteiger partial charge is 0.242 e. The minimum atomic E-state index is -0.509. The lowest BCUT2D eigenvalue weighted by atomic mass is 9.84. The van der Waals surface area contributed by atoms with Crippen molar-refractivity contribution in [3.63, 3.8) is 0 Å². The second-order valence-electron chi connectivity index (χ2n) is 8.82. The lowest BCUT2D eigenvalue weighted by Crippen LogP contribution is -2.53. The molecule has 1 aliphatic rings. The summed E-state index contributed by atoms with van der Waals surface area (Å²) in [7, 11) is 0. The Kier molecular flexibility index (Phi) is 10.8. The third-order valence-corrected chi connectivity index (χ3v) is 6.19. The van der Waals surface area contributed by atoms with Gasteiger partial charge in [-0.15, -0.1) is 0 Å². The molecule has 7 nitrogen and oxygen atoms in total. The summed E-state index contributed by atoms with van der Waals surface area (Å²) in [5.74, 6) is 0.753. The normalized spacial score (nSPS) is 16.6. The zero-order chi connectivity index (χ0) is 22.6. The number of nitrogens with zero attached hydrogens (tertiary/aromatic N) is 2. The number of nitrogens with one attached hydrogen (secondary N) is 2. The Bertz CT molecular complexity index is 667. The number of rotatable bonds is 12. The molecule has 1 heterocycles. The maximum absolute atomic E-state index is 13.1. The van der Waals surface area contributed by atoms with Gasteiger partial charge >= 0.3 is 0 Å². The number of anilines is 1. The zero-order valence-electron chi connectivity index (χ0n) is 19.5. The van der Waals surface area contributed by atoms with Gasteiger partial charge in [0.2, 0.25) is 11.8 Å². The van der Waals surface area contributed by atoms with Crippen molar-refractivity contribution in [1.29, 1.82) is 0 Å². The minimum Gasteiger partial charge on any atom is -0.384 e. The van der Waals surface area contributed by atoms with E-state index in [2.05, 4.69) is 34.4 Å². The molecule has 2 rings (SSSR count). The predicted molar refractivity (Wildman–Crippen MR) is 125 cm³/mol. The number of hydrogen-bond acceptors (Lipinski definition) is 5. The van der Waals surface area contributed by atoms with Crippen LogP contribution in [0.2, 0.25) is 0 Å². The van der Waals surface area contributed by atoms with E-state index in [1.807, 2.05) is 13.0 Å². The summed E-state index contributed by atoms with van der Waals surface area (Å²) in [6.45, 7) is 8.32. The third kappa shape index (κ3) is 8.48. The fourth-order valence-corrected chi connectivity index (χ4v) is 4.37. The number of nitrogen functional groups attached to an aromatic ring is 1. The second kappa shape index (κ2) is 13.3. The Hall–Kier alpha value is -2.15. The van der Waals surface area contributed by atoms with Crippen LogP contribution in [0.5, 0.6) is 0 Å². The molecule has 0 bridgehead atoms. The van der Waals surface area contributed by atoms with E-state index in [0.29, 0.717) is 24.7 Å². The largest absolute Gasteiger partial charge is 0.384 e. The van der Waals surface area contributed by atoms with E-state index < -0.39 is 6.04 Å². The highest BCUT2D eigenvalue weighted by atomic mass is 16.2. The van der Waals surface area contributed by atoms with E-state index >= 15 is 0 Å². The molecule has 1 aliphatic carbocycles. The van der Waals surface area contributed by atoms with Gasteiger partial charge in [-0.2, -0.15) is 0 Å². The second-order valence-corrected chi connectivity index (χ2v) is 8.82. The molecule has 1 saturated carbocycles. The van der Waals surface area contributed by atoms with Crippen molar-refractivity contribution < 1.29 is 9.59 Å². The average molecular weight is 432 g/mol. The summed E-state index contributed by atoms with van der Waals surface area (Å²) in [5.41, 5.74) is 6.52. The minimum absolute atomic E-state index is 0.0630. The standard InChI is InChI=1S/C24H41N5O2/c1-4-13-29(14-5-2)18(3)23(30)28-21(15-19-9-7-6-8-10-19)24(31)27-17-20-11-12-22(25)26-16-20/h11-12,16,18-19,21H,4-10,13-15,17H2,1-3H3,(H2,25,26)(H,27,31)(H,28,30)/t18-,21-/m0/s1. The van der Waals surface area contributed by atoms with Gasteiger partial charge in [0, 0.05) is 12.7 Å². The Labute approximate surface area is 187 Å². The van der Waals surface area contributed by atoms with E-state index in [1.54, 1.807) is 12.3 Å². The first-order valence-electron chi connectivity index (χ1n) is 12.0. The fraction of sp³-hybridized carbons (Fsp3) is 0.708. The van der Waals surface area contributed by atoms with Crippen LogP contribution in [0, 0.1) is 5.92 Å². The Morgan fingerprint density at radius 1 is 1.13 bits per heavy atom. The van der Waals surface area contributed by atoms with Gasteiger partial charge in [-0.1, -0.05) is 52.0 Å². The van der Waals surface area contributed by atoms with E-state index in [1.165, 1.54) is 19.3 Å². The molecule has 0 saturated heterocycles.